The first-order valence-electron chi connectivity index (χ1n) is 9.22. The molecule has 2 heterocycles. The van der Waals surface area contributed by atoms with E-state index in [1.807, 2.05) is 17.3 Å². The highest BCUT2D eigenvalue weighted by Crippen LogP contribution is 2.31. The molecule has 2 atom stereocenters. The average molecular weight is 365 g/mol. The van der Waals surface area contributed by atoms with Crippen molar-refractivity contribution >= 4 is 23.2 Å². The standard InChI is InChI=1S/C18H28N4O2S/c1-13-17(25-12-20-13)11-21-8-4-9-22(14(2)23)16-6-3-5-15(16)18(24)19-7-10-21/h12,15-16H,3-11H2,1-2H3,(H,19,24). The van der Waals surface area contributed by atoms with E-state index in [1.165, 1.54) is 4.88 Å². The van der Waals surface area contributed by atoms with Gasteiger partial charge in [0.05, 0.1) is 17.1 Å². The second-order valence-electron chi connectivity index (χ2n) is 7.10. The first-order chi connectivity index (χ1) is 12.1. The van der Waals surface area contributed by atoms with Crippen LogP contribution in [0, 0.1) is 12.8 Å². The molecule has 2 unspecified atom stereocenters. The fourth-order valence-corrected chi connectivity index (χ4v) is 4.88. The molecule has 7 heteroatoms. The molecule has 1 aliphatic heterocycles. The van der Waals surface area contributed by atoms with E-state index < -0.39 is 0 Å². The molecule has 138 valence electrons. The minimum Gasteiger partial charge on any atom is -0.355 e. The number of hydrogen-bond donors (Lipinski definition) is 1. The van der Waals surface area contributed by atoms with Crippen LogP contribution in [0.4, 0.5) is 0 Å². The van der Waals surface area contributed by atoms with Gasteiger partial charge in [0.2, 0.25) is 11.8 Å². The molecule has 2 amide bonds. The number of nitrogens with one attached hydrogen (secondary N) is 1. The summed E-state index contributed by atoms with van der Waals surface area (Å²) >= 11 is 1.68. The number of carbonyl (C=O) groups excluding carboxylic acids is 2. The summed E-state index contributed by atoms with van der Waals surface area (Å²) < 4.78 is 0. The SMILES string of the molecule is CC(=O)N1CCCN(Cc2scnc2C)CCNC(=O)C2CCCC21. The number of carbonyl (C=O) groups is 2. The van der Waals surface area contributed by atoms with E-state index in [2.05, 4.69) is 15.2 Å². The van der Waals surface area contributed by atoms with Crippen LogP contribution in [-0.4, -0.2) is 58.8 Å². The fraction of sp³-hybridized carbons (Fsp3) is 0.722. The molecule has 1 aliphatic carbocycles. The van der Waals surface area contributed by atoms with Crippen molar-refractivity contribution in [3.8, 4) is 0 Å². The number of rotatable bonds is 2. The molecule has 2 fully saturated rings. The molecule has 25 heavy (non-hydrogen) atoms. The third-order valence-corrected chi connectivity index (χ3v) is 6.35. The van der Waals surface area contributed by atoms with Crippen LogP contribution in [0.5, 0.6) is 0 Å². The molecule has 0 aromatic carbocycles. The maximum atomic E-state index is 12.6. The molecule has 1 saturated heterocycles. The van der Waals surface area contributed by atoms with Gasteiger partial charge in [-0.3, -0.25) is 14.5 Å². The third-order valence-electron chi connectivity index (χ3n) is 5.43. The first kappa shape index (κ1) is 18.3. The molecule has 1 aromatic rings. The van der Waals surface area contributed by atoms with E-state index in [9.17, 15) is 9.59 Å². The van der Waals surface area contributed by atoms with Crippen molar-refractivity contribution < 1.29 is 9.59 Å². The summed E-state index contributed by atoms with van der Waals surface area (Å²) in [6.45, 7) is 7.69. The lowest BCUT2D eigenvalue weighted by Crippen LogP contribution is -2.46. The molecule has 1 aromatic heterocycles. The van der Waals surface area contributed by atoms with Crippen LogP contribution in [0.25, 0.3) is 0 Å². The molecule has 3 rings (SSSR count). The van der Waals surface area contributed by atoms with Crippen LogP contribution in [0.15, 0.2) is 5.51 Å². The van der Waals surface area contributed by atoms with Crippen LogP contribution in [0.2, 0.25) is 0 Å². The molecule has 2 aliphatic rings. The van der Waals surface area contributed by atoms with Crippen LogP contribution in [0.1, 0.15) is 43.2 Å². The second kappa shape index (κ2) is 8.27. The predicted molar refractivity (Wildman–Crippen MR) is 98.3 cm³/mol. The zero-order chi connectivity index (χ0) is 17.8. The Hall–Kier alpha value is -1.47. The number of aromatic nitrogens is 1. The second-order valence-corrected chi connectivity index (χ2v) is 8.04. The van der Waals surface area contributed by atoms with Crippen molar-refractivity contribution in [2.75, 3.05) is 26.2 Å². The van der Waals surface area contributed by atoms with E-state index in [4.69, 9.17) is 0 Å². The Morgan fingerprint density at radius 1 is 1.32 bits per heavy atom. The Labute approximate surface area is 153 Å². The minimum atomic E-state index is -0.0424. The monoisotopic (exact) mass is 364 g/mol. The summed E-state index contributed by atoms with van der Waals surface area (Å²) in [4.78, 5) is 34.7. The highest BCUT2D eigenvalue weighted by Gasteiger charge is 2.37. The van der Waals surface area contributed by atoms with Gasteiger partial charge in [0.15, 0.2) is 0 Å². The molecular formula is C18H28N4O2S. The Morgan fingerprint density at radius 2 is 2.16 bits per heavy atom. The Bertz CT molecular complexity index is 618. The smallest absolute Gasteiger partial charge is 0.225 e. The van der Waals surface area contributed by atoms with Crippen molar-refractivity contribution in [3.05, 3.63) is 16.1 Å². The number of nitrogens with zero attached hydrogens (tertiary/aromatic N) is 3. The summed E-state index contributed by atoms with van der Waals surface area (Å²) in [5.74, 6) is 0.164. The maximum Gasteiger partial charge on any atom is 0.225 e. The van der Waals surface area contributed by atoms with E-state index in [0.717, 1.165) is 57.6 Å². The minimum absolute atomic E-state index is 0.0424. The molecule has 1 saturated carbocycles. The summed E-state index contributed by atoms with van der Waals surface area (Å²) in [5, 5.41) is 3.10. The number of aryl methyl sites for hydroxylation is 1. The lowest BCUT2D eigenvalue weighted by Gasteiger charge is -2.31. The van der Waals surface area contributed by atoms with E-state index >= 15 is 0 Å². The molecule has 0 bridgehead atoms. The van der Waals surface area contributed by atoms with Crippen molar-refractivity contribution in [2.45, 2.75) is 52.1 Å². The van der Waals surface area contributed by atoms with Gasteiger partial charge in [-0.15, -0.1) is 11.3 Å². The number of fused-ring (bicyclic) bond motifs is 1. The number of amides is 2. The molecule has 1 N–H and O–H groups in total. The number of thiazole rings is 1. The normalized spacial score (nSPS) is 26.0. The first-order valence-corrected chi connectivity index (χ1v) is 10.1. The van der Waals surface area contributed by atoms with Gasteiger partial charge in [-0.05, 0) is 26.2 Å². The van der Waals surface area contributed by atoms with E-state index in [1.54, 1.807) is 18.3 Å². The largest absolute Gasteiger partial charge is 0.355 e. The quantitative estimate of drug-likeness (QED) is 0.869. The molecule has 6 nitrogen and oxygen atoms in total. The summed E-state index contributed by atoms with van der Waals surface area (Å²) in [5.41, 5.74) is 2.97. The summed E-state index contributed by atoms with van der Waals surface area (Å²) in [6.07, 6.45) is 3.81. The van der Waals surface area contributed by atoms with Crippen molar-refractivity contribution in [2.24, 2.45) is 5.92 Å². The van der Waals surface area contributed by atoms with Crippen LogP contribution < -0.4 is 5.32 Å². The Morgan fingerprint density at radius 3 is 2.88 bits per heavy atom. The Balaban J connectivity index is 1.70. The summed E-state index contributed by atoms with van der Waals surface area (Å²) in [6, 6.07) is 0.0767. The molecule has 0 radical (unpaired) electrons. The van der Waals surface area contributed by atoms with Crippen LogP contribution in [0.3, 0.4) is 0 Å². The van der Waals surface area contributed by atoms with Gasteiger partial charge >= 0.3 is 0 Å². The molecular weight excluding hydrogens is 336 g/mol. The zero-order valence-electron chi connectivity index (χ0n) is 15.2. The fourth-order valence-electron chi connectivity index (χ4n) is 4.06. The van der Waals surface area contributed by atoms with E-state index in [-0.39, 0.29) is 23.8 Å². The van der Waals surface area contributed by atoms with Gasteiger partial charge in [-0.1, -0.05) is 6.42 Å². The van der Waals surface area contributed by atoms with Crippen LogP contribution in [-0.2, 0) is 16.1 Å². The number of hydrogen-bond acceptors (Lipinski definition) is 5. The van der Waals surface area contributed by atoms with Gasteiger partial charge in [0, 0.05) is 50.6 Å². The zero-order valence-corrected chi connectivity index (χ0v) is 16.0. The van der Waals surface area contributed by atoms with Gasteiger partial charge in [0.1, 0.15) is 0 Å². The average Bonchev–Trinajstić information content (AvgIpc) is 3.19. The lowest BCUT2D eigenvalue weighted by atomic mass is 10.0. The maximum absolute atomic E-state index is 12.6. The van der Waals surface area contributed by atoms with Gasteiger partial charge in [-0.25, -0.2) is 4.98 Å². The molecule has 0 spiro atoms. The van der Waals surface area contributed by atoms with E-state index in [0.29, 0.717) is 6.54 Å². The topological polar surface area (TPSA) is 65.5 Å². The predicted octanol–water partition coefficient (Wildman–Crippen LogP) is 1.79. The van der Waals surface area contributed by atoms with Gasteiger partial charge < -0.3 is 10.2 Å². The van der Waals surface area contributed by atoms with Crippen LogP contribution >= 0.6 is 11.3 Å². The highest BCUT2D eigenvalue weighted by atomic mass is 32.1. The Kier molecular flexibility index (Phi) is 6.06. The third kappa shape index (κ3) is 4.39. The van der Waals surface area contributed by atoms with Crippen molar-refractivity contribution in [1.82, 2.24) is 20.1 Å². The highest BCUT2D eigenvalue weighted by molar-refractivity contribution is 7.09. The lowest BCUT2D eigenvalue weighted by molar-refractivity contribution is -0.134. The van der Waals surface area contributed by atoms with Gasteiger partial charge in [0.25, 0.3) is 0 Å². The van der Waals surface area contributed by atoms with Gasteiger partial charge in [-0.2, -0.15) is 0 Å². The summed E-state index contributed by atoms with van der Waals surface area (Å²) in [7, 11) is 0. The van der Waals surface area contributed by atoms with Crippen molar-refractivity contribution in [1.29, 1.82) is 0 Å². The van der Waals surface area contributed by atoms with Crippen molar-refractivity contribution in [3.63, 3.8) is 0 Å².